The molecule has 0 atom stereocenters. The SMILES string of the molecule is Cc1ccc(Nc2ncnc(N3CCCc4ccccc43)c2N)cc1C. The Morgan fingerprint density at radius 1 is 1.04 bits per heavy atom. The molecule has 5 nitrogen and oxygen atoms in total. The number of benzene rings is 2. The number of aryl methyl sites for hydroxylation is 3. The van der Waals surface area contributed by atoms with Crippen LogP contribution in [-0.4, -0.2) is 16.5 Å². The monoisotopic (exact) mass is 345 g/mol. The van der Waals surface area contributed by atoms with Crippen molar-refractivity contribution in [3.8, 4) is 0 Å². The highest BCUT2D eigenvalue weighted by Crippen LogP contribution is 2.37. The van der Waals surface area contributed by atoms with E-state index in [1.54, 1.807) is 6.33 Å². The van der Waals surface area contributed by atoms with E-state index >= 15 is 0 Å². The molecule has 0 radical (unpaired) electrons. The standard InChI is InChI=1S/C21H23N5/c1-14-9-10-17(12-15(14)2)25-20-19(22)21(24-13-23-20)26-11-5-7-16-6-3-4-8-18(16)26/h3-4,6,8-10,12-13H,5,7,11,22H2,1-2H3,(H,23,24,25). The highest BCUT2D eigenvalue weighted by atomic mass is 15.2. The minimum atomic E-state index is 0.572. The second-order valence-corrected chi connectivity index (χ2v) is 6.77. The number of rotatable bonds is 3. The summed E-state index contributed by atoms with van der Waals surface area (Å²) in [6.07, 6.45) is 3.75. The van der Waals surface area contributed by atoms with Gasteiger partial charge in [-0.05, 0) is 61.6 Å². The van der Waals surface area contributed by atoms with Crippen LogP contribution in [0.2, 0.25) is 0 Å². The van der Waals surface area contributed by atoms with Crippen molar-refractivity contribution in [2.75, 3.05) is 22.5 Å². The smallest absolute Gasteiger partial charge is 0.161 e. The number of nitrogen functional groups attached to an aromatic ring is 1. The molecule has 0 saturated heterocycles. The average Bonchev–Trinajstić information content (AvgIpc) is 2.66. The van der Waals surface area contributed by atoms with Crippen molar-refractivity contribution >= 4 is 28.7 Å². The number of nitrogens with one attached hydrogen (secondary N) is 1. The highest BCUT2D eigenvalue weighted by molar-refractivity contribution is 5.82. The lowest BCUT2D eigenvalue weighted by molar-refractivity contribution is 0.759. The van der Waals surface area contributed by atoms with Gasteiger partial charge in [0, 0.05) is 17.9 Å². The predicted octanol–water partition coefficient (Wildman–Crippen LogP) is 4.50. The van der Waals surface area contributed by atoms with E-state index in [2.05, 4.69) is 70.4 Å². The molecule has 2 heterocycles. The molecule has 0 amide bonds. The molecule has 4 rings (SSSR count). The summed E-state index contributed by atoms with van der Waals surface area (Å²) in [5.41, 5.74) is 13.0. The molecular weight excluding hydrogens is 322 g/mol. The molecule has 0 saturated carbocycles. The van der Waals surface area contributed by atoms with Gasteiger partial charge >= 0.3 is 0 Å². The van der Waals surface area contributed by atoms with Crippen molar-refractivity contribution in [2.24, 2.45) is 0 Å². The molecule has 0 spiro atoms. The molecule has 5 heteroatoms. The summed E-state index contributed by atoms with van der Waals surface area (Å²) in [6, 6.07) is 14.7. The van der Waals surface area contributed by atoms with Crippen LogP contribution >= 0.6 is 0 Å². The molecule has 0 fully saturated rings. The Morgan fingerprint density at radius 3 is 2.73 bits per heavy atom. The molecule has 132 valence electrons. The van der Waals surface area contributed by atoms with Crippen molar-refractivity contribution in [3.05, 3.63) is 65.5 Å². The van der Waals surface area contributed by atoms with E-state index in [9.17, 15) is 0 Å². The van der Waals surface area contributed by atoms with Crippen LogP contribution < -0.4 is 16.0 Å². The summed E-state index contributed by atoms with van der Waals surface area (Å²) >= 11 is 0. The lowest BCUT2D eigenvalue weighted by Crippen LogP contribution is -2.26. The van der Waals surface area contributed by atoms with Gasteiger partial charge < -0.3 is 16.0 Å². The minimum Gasteiger partial charge on any atom is -0.393 e. The third kappa shape index (κ3) is 2.96. The number of nitrogens with zero attached hydrogens (tertiary/aromatic N) is 3. The van der Waals surface area contributed by atoms with E-state index in [1.807, 2.05) is 6.07 Å². The molecule has 1 aliphatic rings. The molecule has 0 unspecified atom stereocenters. The Hall–Kier alpha value is -3.08. The molecule has 3 aromatic rings. The van der Waals surface area contributed by atoms with Crippen LogP contribution in [0.25, 0.3) is 0 Å². The maximum absolute atomic E-state index is 6.46. The normalized spacial score (nSPS) is 13.4. The zero-order valence-electron chi connectivity index (χ0n) is 15.2. The predicted molar refractivity (Wildman–Crippen MR) is 107 cm³/mol. The van der Waals surface area contributed by atoms with Crippen molar-refractivity contribution in [3.63, 3.8) is 0 Å². The lowest BCUT2D eigenvalue weighted by Gasteiger charge is -2.31. The Bertz CT molecular complexity index is 951. The number of anilines is 5. The molecule has 3 N–H and O–H groups in total. The largest absolute Gasteiger partial charge is 0.393 e. The van der Waals surface area contributed by atoms with Crippen molar-refractivity contribution < 1.29 is 0 Å². The summed E-state index contributed by atoms with van der Waals surface area (Å²) in [5, 5.41) is 3.34. The maximum Gasteiger partial charge on any atom is 0.161 e. The fraction of sp³-hybridized carbons (Fsp3) is 0.238. The van der Waals surface area contributed by atoms with Gasteiger partial charge in [-0.1, -0.05) is 24.3 Å². The minimum absolute atomic E-state index is 0.572. The van der Waals surface area contributed by atoms with E-state index in [-0.39, 0.29) is 0 Å². The first-order valence-corrected chi connectivity index (χ1v) is 8.93. The molecule has 0 bridgehead atoms. The van der Waals surface area contributed by atoms with Crippen LogP contribution in [0.3, 0.4) is 0 Å². The highest BCUT2D eigenvalue weighted by Gasteiger charge is 2.22. The number of aromatic nitrogens is 2. The van der Waals surface area contributed by atoms with Gasteiger partial charge in [-0.2, -0.15) is 0 Å². The van der Waals surface area contributed by atoms with E-state index in [0.717, 1.165) is 30.9 Å². The molecular formula is C21H23N5. The van der Waals surface area contributed by atoms with E-state index in [0.29, 0.717) is 11.5 Å². The van der Waals surface area contributed by atoms with Gasteiger partial charge in [-0.3, -0.25) is 0 Å². The zero-order valence-corrected chi connectivity index (χ0v) is 15.2. The fourth-order valence-electron chi connectivity index (χ4n) is 3.41. The van der Waals surface area contributed by atoms with Gasteiger partial charge in [-0.15, -0.1) is 0 Å². The van der Waals surface area contributed by atoms with Crippen LogP contribution in [0.4, 0.5) is 28.7 Å². The van der Waals surface area contributed by atoms with E-state index in [4.69, 9.17) is 5.73 Å². The van der Waals surface area contributed by atoms with Crippen LogP contribution in [-0.2, 0) is 6.42 Å². The summed E-state index contributed by atoms with van der Waals surface area (Å²) in [7, 11) is 0. The summed E-state index contributed by atoms with van der Waals surface area (Å²) < 4.78 is 0. The third-order valence-corrected chi connectivity index (χ3v) is 5.00. The van der Waals surface area contributed by atoms with Gasteiger partial charge in [0.2, 0.25) is 0 Å². The fourth-order valence-corrected chi connectivity index (χ4v) is 3.41. The molecule has 1 aliphatic heterocycles. The Labute approximate surface area is 153 Å². The van der Waals surface area contributed by atoms with Crippen LogP contribution in [0, 0.1) is 13.8 Å². The Morgan fingerprint density at radius 2 is 1.88 bits per heavy atom. The number of nitrogens with two attached hydrogens (primary N) is 1. The van der Waals surface area contributed by atoms with Gasteiger partial charge in [0.25, 0.3) is 0 Å². The Kier molecular flexibility index (Phi) is 4.21. The topological polar surface area (TPSA) is 67.1 Å². The quantitative estimate of drug-likeness (QED) is 0.731. The second kappa shape index (κ2) is 6.67. The van der Waals surface area contributed by atoms with Crippen molar-refractivity contribution in [1.82, 2.24) is 9.97 Å². The first-order chi connectivity index (χ1) is 12.6. The van der Waals surface area contributed by atoms with Crippen LogP contribution in [0.5, 0.6) is 0 Å². The van der Waals surface area contributed by atoms with Gasteiger partial charge in [-0.25, -0.2) is 9.97 Å². The molecule has 0 aliphatic carbocycles. The molecule has 1 aromatic heterocycles. The molecule has 2 aromatic carbocycles. The Balaban J connectivity index is 1.70. The summed E-state index contributed by atoms with van der Waals surface area (Å²) in [4.78, 5) is 11.0. The lowest BCUT2D eigenvalue weighted by atomic mass is 10.0. The number of hydrogen-bond acceptors (Lipinski definition) is 5. The molecule has 26 heavy (non-hydrogen) atoms. The van der Waals surface area contributed by atoms with E-state index < -0.39 is 0 Å². The van der Waals surface area contributed by atoms with Gasteiger partial charge in [0.15, 0.2) is 11.6 Å². The summed E-state index contributed by atoms with van der Waals surface area (Å²) in [5.74, 6) is 1.40. The number of fused-ring (bicyclic) bond motifs is 1. The van der Waals surface area contributed by atoms with Gasteiger partial charge in [0.05, 0.1) is 0 Å². The van der Waals surface area contributed by atoms with E-state index in [1.165, 1.54) is 22.4 Å². The number of hydrogen-bond donors (Lipinski definition) is 2. The van der Waals surface area contributed by atoms with Crippen LogP contribution in [0.15, 0.2) is 48.8 Å². The van der Waals surface area contributed by atoms with Gasteiger partial charge in [0.1, 0.15) is 12.0 Å². The number of para-hydroxylation sites is 1. The second-order valence-electron chi connectivity index (χ2n) is 6.77. The first-order valence-electron chi connectivity index (χ1n) is 8.93. The average molecular weight is 345 g/mol. The maximum atomic E-state index is 6.46. The first kappa shape index (κ1) is 16.4. The van der Waals surface area contributed by atoms with Crippen LogP contribution in [0.1, 0.15) is 23.1 Å². The summed E-state index contributed by atoms with van der Waals surface area (Å²) in [6.45, 7) is 5.10. The van der Waals surface area contributed by atoms with Crippen molar-refractivity contribution in [2.45, 2.75) is 26.7 Å². The van der Waals surface area contributed by atoms with Crippen molar-refractivity contribution in [1.29, 1.82) is 0 Å². The third-order valence-electron chi connectivity index (χ3n) is 5.00. The zero-order chi connectivity index (χ0) is 18.1.